The van der Waals surface area contributed by atoms with E-state index in [4.69, 9.17) is 14.2 Å². The topological polar surface area (TPSA) is 65.1 Å². The van der Waals surface area contributed by atoms with E-state index in [0.29, 0.717) is 13.0 Å². The summed E-state index contributed by atoms with van der Waals surface area (Å²) in [5.74, 6) is -0.195. The summed E-state index contributed by atoms with van der Waals surface area (Å²) in [5.41, 5.74) is -0.640. The van der Waals surface area contributed by atoms with Crippen LogP contribution in [0.25, 0.3) is 0 Å². The van der Waals surface area contributed by atoms with Crippen LogP contribution in [0.5, 0.6) is 0 Å². The molecule has 0 saturated carbocycles. The Balaban J connectivity index is 5.19. The second-order valence-corrected chi connectivity index (χ2v) is 6.68. The number of amides is 1. The Labute approximate surface area is 134 Å². The number of hydrogen-bond donors (Lipinski definition) is 0. The van der Waals surface area contributed by atoms with Crippen molar-refractivity contribution in [3.63, 3.8) is 0 Å². The number of ether oxygens (including phenoxy) is 3. The molecule has 0 rings (SSSR count). The van der Waals surface area contributed by atoms with E-state index < -0.39 is 23.7 Å². The van der Waals surface area contributed by atoms with Crippen molar-refractivity contribution in [1.82, 2.24) is 4.90 Å². The maximum absolute atomic E-state index is 12.4. The Morgan fingerprint density at radius 1 is 1.18 bits per heavy atom. The first-order valence-electron chi connectivity index (χ1n) is 7.77. The average molecular weight is 317 g/mol. The average Bonchev–Trinajstić information content (AvgIpc) is 2.37. The lowest BCUT2D eigenvalue weighted by atomic mass is 10.0. The van der Waals surface area contributed by atoms with Gasteiger partial charge in [0.05, 0.1) is 6.61 Å². The quantitative estimate of drug-likeness (QED) is 0.508. The Morgan fingerprint density at radius 2 is 1.77 bits per heavy atom. The summed E-state index contributed by atoms with van der Waals surface area (Å²) in [6.07, 6.45) is 0.649. The van der Waals surface area contributed by atoms with Crippen molar-refractivity contribution in [2.75, 3.05) is 20.4 Å². The molecular weight excluding hydrogens is 286 g/mol. The van der Waals surface area contributed by atoms with Crippen molar-refractivity contribution >= 4 is 12.1 Å². The van der Waals surface area contributed by atoms with E-state index in [1.165, 1.54) is 12.0 Å². The van der Waals surface area contributed by atoms with Crippen molar-refractivity contribution in [2.45, 2.75) is 66.0 Å². The number of carbonyl (C=O) groups is 2. The molecule has 0 bridgehead atoms. The summed E-state index contributed by atoms with van der Waals surface area (Å²) in [7, 11) is 1.47. The lowest BCUT2D eigenvalue weighted by molar-refractivity contribution is -0.152. The molecule has 0 aromatic heterocycles. The normalized spacial score (nSPS) is 12.9. The predicted octanol–water partition coefficient (Wildman–Crippen LogP) is 3.20. The zero-order valence-electron chi connectivity index (χ0n) is 15.0. The van der Waals surface area contributed by atoms with Crippen molar-refractivity contribution in [3.05, 3.63) is 0 Å². The van der Waals surface area contributed by atoms with Crippen LogP contribution >= 0.6 is 0 Å². The Morgan fingerprint density at radius 3 is 2.18 bits per heavy atom. The highest BCUT2D eigenvalue weighted by atomic mass is 16.6. The molecule has 22 heavy (non-hydrogen) atoms. The molecule has 0 heterocycles. The van der Waals surface area contributed by atoms with Gasteiger partial charge in [-0.2, -0.15) is 0 Å². The lowest BCUT2D eigenvalue weighted by Crippen LogP contribution is -2.49. The molecule has 0 unspecified atom stereocenters. The zero-order valence-corrected chi connectivity index (χ0v) is 15.0. The van der Waals surface area contributed by atoms with Crippen LogP contribution in [0, 0.1) is 5.92 Å². The highest BCUT2D eigenvalue weighted by Gasteiger charge is 2.34. The number of rotatable bonds is 8. The molecule has 0 aliphatic carbocycles. The van der Waals surface area contributed by atoms with Crippen LogP contribution in [0.4, 0.5) is 4.79 Å². The number of nitrogens with zero attached hydrogens (tertiary/aromatic N) is 1. The van der Waals surface area contributed by atoms with E-state index in [2.05, 4.69) is 0 Å². The second-order valence-electron chi connectivity index (χ2n) is 6.68. The summed E-state index contributed by atoms with van der Waals surface area (Å²) in [4.78, 5) is 26.0. The molecule has 0 saturated heterocycles. The van der Waals surface area contributed by atoms with Crippen LogP contribution in [-0.4, -0.2) is 49.1 Å². The van der Waals surface area contributed by atoms with E-state index in [1.807, 2.05) is 20.8 Å². The van der Waals surface area contributed by atoms with Gasteiger partial charge in [-0.05, 0) is 39.5 Å². The molecule has 1 amide bonds. The minimum atomic E-state index is -0.707. The first kappa shape index (κ1) is 20.7. The molecule has 0 radical (unpaired) electrons. The SMILES string of the molecule is CCCOC(=O)[C@H](CC(C)C)N(COC)C(=O)OC(C)(C)C. The molecule has 6 nitrogen and oxygen atoms in total. The molecule has 0 spiro atoms. The molecule has 0 N–H and O–H groups in total. The minimum Gasteiger partial charge on any atom is -0.464 e. The van der Waals surface area contributed by atoms with Crippen molar-refractivity contribution in [1.29, 1.82) is 0 Å². The highest BCUT2D eigenvalue weighted by molar-refractivity contribution is 5.81. The molecule has 6 heteroatoms. The molecule has 0 aromatic carbocycles. The summed E-state index contributed by atoms with van der Waals surface area (Å²) < 4.78 is 15.7. The maximum Gasteiger partial charge on any atom is 0.412 e. The summed E-state index contributed by atoms with van der Waals surface area (Å²) in [6, 6.07) is -0.707. The molecule has 0 aromatic rings. The molecule has 0 aliphatic heterocycles. The molecular formula is C16H31NO5. The third-order valence-electron chi connectivity index (χ3n) is 2.69. The number of methoxy groups -OCH3 is 1. The fourth-order valence-corrected chi connectivity index (χ4v) is 1.83. The zero-order chi connectivity index (χ0) is 17.3. The number of carbonyl (C=O) groups excluding carboxylic acids is 2. The van der Waals surface area contributed by atoms with Gasteiger partial charge in [0.2, 0.25) is 0 Å². The van der Waals surface area contributed by atoms with Gasteiger partial charge >= 0.3 is 12.1 Å². The van der Waals surface area contributed by atoms with Crippen LogP contribution in [0.3, 0.4) is 0 Å². The lowest BCUT2D eigenvalue weighted by Gasteiger charge is -2.32. The largest absolute Gasteiger partial charge is 0.464 e. The third-order valence-corrected chi connectivity index (χ3v) is 2.69. The van der Waals surface area contributed by atoms with Gasteiger partial charge in [0.1, 0.15) is 18.4 Å². The van der Waals surface area contributed by atoms with Gasteiger partial charge in [-0.15, -0.1) is 0 Å². The van der Waals surface area contributed by atoms with Gasteiger partial charge < -0.3 is 14.2 Å². The van der Waals surface area contributed by atoms with E-state index >= 15 is 0 Å². The first-order valence-corrected chi connectivity index (χ1v) is 7.77. The Bertz CT molecular complexity index is 349. The summed E-state index contributed by atoms with van der Waals surface area (Å²) >= 11 is 0. The summed E-state index contributed by atoms with van der Waals surface area (Å²) in [5, 5.41) is 0. The smallest absolute Gasteiger partial charge is 0.412 e. The molecule has 1 atom stereocenters. The number of esters is 1. The highest BCUT2D eigenvalue weighted by Crippen LogP contribution is 2.18. The van der Waals surface area contributed by atoms with Crippen LogP contribution in [0.2, 0.25) is 0 Å². The molecule has 130 valence electrons. The van der Waals surface area contributed by atoms with Crippen LogP contribution in [-0.2, 0) is 19.0 Å². The standard InChI is InChI=1S/C16H31NO5/c1-8-9-21-14(18)13(10-12(2)3)17(11-20-7)15(19)22-16(4,5)6/h12-13H,8-11H2,1-7H3/t13-/m0/s1. The van der Waals surface area contributed by atoms with Gasteiger partial charge in [0.15, 0.2) is 0 Å². The summed E-state index contributed by atoms with van der Waals surface area (Å²) in [6.45, 7) is 11.6. The van der Waals surface area contributed by atoms with Crippen LogP contribution < -0.4 is 0 Å². The van der Waals surface area contributed by atoms with E-state index in [9.17, 15) is 9.59 Å². The van der Waals surface area contributed by atoms with E-state index in [0.717, 1.165) is 6.42 Å². The van der Waals surface area contributed by atoms with Gasteiger partial charge in [0.25, 0.3) is 0 Å². The first-order chi connectivity index (χ1) is 10.1. The fourth-order valence-electron chi connectivity index (χ4n) is 1.83. The van der Waals surface area contributed by atoms with Crippen LogP contribution in [0.15, 0.2) is 0 Å². The monoisotopic (exact) mass is 317 g/mol. The van der Waals surface area contributed by atoms with Gasteiger partial charge in [-0.25, -0.2) is 9.59 Å². The Hall–Kier alpha value is -1.30. The number of hydrogen-bond acceptors (Lipinski definition) is 5. The van der Waals surface area contributed by atoms with Crippen molar-refractivity contribution < 1.29 is 23.8 Å². The molecule has 0 fully saturated rings. The van der Waals surface area contributed by atoms with Crippen LogP contribution in [0.1, 0.15) is 54.4 Å². The second kappa shape index (κ2) is 9.66. The van der Waals surface area contributed by atoms with Gasteiger partial charge in [-0.3, -0.25) is 4.90 Å². The third kappa shape index (κ3) is 8.22. The van der Waals surface area contributed by atoms with Gasteiger partial charge in [0, 0.05) is 7.11 Å². The van der Waals surface area contributed by atoms with Crippen molar-refractivity contribution in [2.24, 2.45) is 5.92 Å². The van der Waals surface area contributed by atoms with E-state index in [-0.39, 0.29) is 12.6 Å². The van der Waals surface area contributed by atoms with Crippen molar-refractivity contribution in [3.8, 4) is 0 Å². The Kier molecular flexibility index (Phi) is 9.09. The fraction of sp³-hybridized carbons (Fsp3) is 0.875. The van der Waals surface area contributed by atoms with Gasteiger partial charge in [-0.1, -0.05) is 20.8 Å². The maximum atomic E-state index is 12.4. The van der Waals surface area contributed by atoms with E-state index in [1.54, 1.807) is 20.8 Å². The molecule has 0 aliphatic rings. The minimum absolute atomic E-state index is 0.0203. The predicted molar refractivity (Wildman–Crippen MR) is 84.4 cm³/mol.